The zero-order chi connectivity index (χ0) is 16.7. The van der Waals surface area contributed by atoms with Crippen LogP contribution in [0.1, 0.15) is 18.2 Å². The van der Waals surface area contributed by atoms with Crippen LogP contribution in [0.4, 0.5) is 0 Å². The van der Waals surface area contributed by atoms with Crippen molar-refractivity contribution in [2.24, 2.45) is 5.73 Å². The second-order valence-electron chi connectivity index (χ2n) is 4.78. The molecular formula is C16H20BrClN2O4. The van der Waals surface area contributed by atoms with E-state index in [2.05, 4.69) is 21.2 Å². The average molecular weight is 420 g/mol. The van der Waals surface area contributed by atoms with Crippen LogP contribution in [-0.4, -0.2) is 19.1 Å². The van der Waals surface area contributed by atoms with Crippen LogP contribution in [0, 0.1) is 0 Å². The molecule has 0 bridgehead atoms. The Labute approximate surface area is 155 Å². The molecule has 0 aliphatic heterocycles. The summed E-state index contributed by atoms with van der Waals surface area (Å²) in [5.74, 6) is 1.37. The maximum atomic E-state index is 10.9. The maximum absolute atomic E-state index is 10.9. The number of rotatable bonds is 9. The minimum atomic E-state index is -0.538. The van der Waals surface area contributed by atoms with Gasteiger partial charge in [0.1, 0.15) is 5.76 Å². The van der Waals surface area contributed by atoms with E-state index in [4.69, 9.17) is 19.6 Å². The van der Waals surface area contributed by atoms with Gasteiger partial charge in [0.15, 0.2) is 18.1 Å². The Morgan fingerprint density at radius 1 is 1.33 bits per heavy atom. The summed E-state index contributed by atoms with van der Waals surface area (Å²) in [4.78, 5) is 10.9. The van der Waals surface area contributed by atoms with Gasteiger partial charge in [0.25, 0.3) is 5.91 Å². The Bertz CT molecular complexity index is 650. The molecule has 24 heavy (non-hydrogen) atoms. The van der Waals surface area contributed by atoms with Gasteiger partial charge in [0.2, 0.25) is 0 Å². The maximum Gasteiger partial charge on any atom is 0.255 e. The van der Waals surface area contributed by atoms with E-state index in [-0.39, 0.29) is 19.0 Å². The molecule has 0 radical (unpaired) electrons. The summed E-state index contributed by atoms with van der Waals surface area (Å²) in [6, 6.07) is 7.55. The molecule has 8 heteroatoms. The minimum Gasteiger partial charge on any atom is -0.490 e. The van der Waals surface area contributed by atoms with Crippen molar-refractivity contribution in [2.45, 2.75) is 20.0 Å². The van der Waals surface area contributed by atoms with Crippen LogP contribution in [0.5, 0.6) is 11.5 Å². The van der Waals surface area contributed by atoms with E-state index in [1.54, 1.807) is 6.26 Å². The first-order chi connectivity index (χ1) is 11.1. The van der Waals surface area contributed by atoms with Gasteiger partial charge in [-0.1, -0.05) is 0 Å². The molecule has 0 fully saturated rings. The first-order valence-electron chi connectivity index (χ1n) is 7.19. The van der Waals surface area contributed by atoms with Gasteiger partial charge in [-0.3, -0.25) is 4.79 Å². The fourth-order valence-electron chi connectivity index (χ4n) is 2.01. The van der Waals surface area contributed by atoms with Crippen LogP contribution in [-0.2, 0) is 17.9 Å². The van der Waals surface area contributed by atoms with E-state index in [1.807, 2.05) is 31.2 Å². The first-order valence-corrected chi connectivity index (χ1v) is 7.99. The summed E-state index contributed by atoms with van der Waals surface area (Å²) in [7, 11) is 0. The quantitative estimate of drug-likeness (QED) is 0.652. The van der Waals surface area contributed by atoms with Gasteiger partial charge in [-0.05, 0) is 52.7 Å². The molecule has 0 saturated carbocycles. The normalized spacial score (nSPS) is 10.1. The highest BCUT2D eigenvalue weighted by Crippen LogP contribution is 2.37. The number of hydrogen-bond acceptors (Lipinski definition) is 5. The molecular weight excluding hydrogens is 400 g/mol. The number of benzene rings is 1. The molecule has 2 aromatic rings. The van der Waals surface area contributed by atoms with Gasteiger partial charge in [-0.15, -0.1) is 12.4 Å². The van der Waals surface area contributed by atoms with Crippen molar-refractivity contribution in [1.29, 1.82) is 0 Å². The summed E-state index contributed by atoms with van der Waals surface area (Å²) in [5.41, 5.74) is 6.13. The minimum absolute atomic E-state index is 0. The lowest BCUT2D eigenvalue weighted by atomic mass is 10.2. The predicted octanol–water partition coefficient (Wildman–Crippen LogP) is 3.02. The van der Waals surface area contributed by atoms with Crippen LogP contribution < -0.4 is 20.5 Å². The topological polar surface area (TPSA) is 86.7 Å². The van der Waals surface area contributed by atoms with E-state index < -0.39 is 5.91 Å². The van der Waals surface area contributed by atoms with E-state index in [0.29, 0.717) is 35.7 Å². The standard InChI is InChI=1S/C16H19BrN2O4.ClH/c1-2-21-14-7-11(8-19-9-12-4-3-5-22-12)6-13(17)16(14)23-10-15(18)20;/h3-7,19H,2,8-10H2,1H3,(H2,18,20);1H. The molecule has 1 aromatic carbocycles. The fraction of sp³-hybridized carbons (Fsp3) is 0.312. The molecule has 0 saturated heterocycles. The summed E-state index contributed by atoms with van der Waals surface area (Å²) in [6.45, 7) is 3.44. The Kier molecular flexibility index (Phi) is 8.67. The zero-order valence-electron chi connectivity index (χ0n) is 13.2. The molecule has 0 aliphatic carbocycles. The van der Waals surface area contributed by atoms with E-state index >= 15 is 0 Å². The molecule has 1 amide bonds. The second kappa shape index (κ2) is 10.2. The fourth-order valence-corrected chi connectivity index (χ4v) is 2.62. The monoisotopic (exact) mass is 418 g/mol. The van der Waals surface area contributed by atoms with Crippen molar-refractivity contribution >= 4 is 34.2 Å². The van der Waals surface area contributed by atoms with Crippen molar-refractivity contribution in [3.05, 3.63) is 46.3 Å². The number of carbonyl (C=O) groups excluding carboxylic acids is 1. The highest BCUT2D eigenvalue weighted by molar-refractivity contribution is 9.10. The largest absolute Gasteiger partial charge is 0.490 e. The van der Waals surface area contributed by atoms with Crippen LogP contribution in [0.3, 0.4) is 0 Å². The molecule has 1 aromatic heterocycles. The number of nitrogens with one attached hydrogen (secondary N) is 1. The summed E-state index contributed by atoms with van der Waals surface area (Å²) in [6.07, 6.45) is 1.64. The smallest absolute Gasteiger partial charge is 0.255 e. The number of ether oxygens (including phenoxy) is 2. The Balaban J connectivity index is 0.00000288. The SMILES string of the molecule is CCOc1cc(CNCc2ccco2)cc(Br)c1OCC(N)=O.Cl. The number of hydrogen-bond donors (Lipinski definition) is 2. The van der Waals surface area contributed by atoms with Crippen molar-refractivity contribution in [3.8, 4) is 11.5 Å². The highest BCUT2D eigenvalue weighted by Gasteiger charge is 2.13. The molecule has 1 heterocycles. The number of halogens is 2. The molecule has 0 aliphatic rings. The Morgan fingerprint density at radius 2 is 2.12 bits per heavy atom. The number of amides is 1. The molecule has 132 valence electrons. The summed E-state index contributed by atoms with van der Waals surface area (Å²) >= 11 is 3.45. The Hall–Kier alpha value is -1.70. The number of furan rings is 1. The first kappa shape index (κ1) is 20.3. The number of carbonyl (C=O) groups is 1. The lowest BCUT2D eigenvalue weighted by Crippen LogP contribution is -2.20. The summed E-state index contributed by atoms with van der Waals surface area (Å²) < 4.78 is 17.0. The van der Waals surface area contributed by atoms with Crippen LogP contribution in [0.25, 0.3) is 0 Å². The summed E-state index contributed by atoms with van der Waals surface area (Å²) in [5, 5.41) is 3.29. The molecule has 0 atom stereocenters. The third-order valence-electron chi connectivity index (χ3n) is 2.94. The molecule has 3 N–H and O–H groups in total. The van der Waals surface area contributed by atoms with Crippen LogP contribution >= 0.6 is 28.3 Å². The van der Waals surface area contributed by atoms with E-state index in [0.717, 1.165) is 11.3 Å². The third-order valence-corrected chi connectivity index (χ3v) is 3.53. The van der Waals surface area contributed by atoms with Gasteiger partial charge in [0.05, 0.1) is 23.9 Å². The average Bonchev–Trinajstić information content (AvgIpc) is 3.00. The molecule has 0 unspecified atom stereocenters. The van der Waals surface area contributed by atoms with Gasteiger partial charge >= 0.3 is 0 Å². The highest BCUT2D eigenvalue weighted by atomic mass is 79.9. The molecule has 0 spiro atoms. The lowest BCUT2D eigenvalue weighted by molar-refractivity contribution is -0.119. The van der Waals surface area contributed by atoms with Gasteiger partial charge < -0.3 is 24.9 Å². The van der Waals surface area contributed by atoms with Gasteiger partial charge in [-0.2, -0.15) is 0 Å². The number of primary amides is 1. The van der Waals surface area contributed by atoms with Gasteiger partial charge in [-0.25, -0.2) is 0 Å². The lowest BCUT2D eigenvalue weighted by Gasteiger charge is -2.15. The van der Waals surface area contributed by atoms with Crippen molar-refractivity contribution in [1.82, 2.24) is 5.32 Å². The zero-order valence-corrected chi connectivity index (χ0v) is 15.6. The van der Waals surface area contributed by atoms with E-state index in [9.17, 15) is 4.79 Å². The van der Waals surface area contributed by atoms with E-state index in [1.165, 1.54) is 0 Å². The third kappa shape index (κ3) is 6.07. The second-order valence-corrected chi connectivity index (χ2v) is 5.63. The van der Waals surface area contributed by atoms with Crippen molar-refractivity contribution < 1.29 is 18.7 Å². The molecule has 6 nitrogen and oxygen atoms in total. The predicted molar refractivity (Wildman–Crippen MR) is 96.5 cm³/mol. The Morgan fingerprint density at radius 3 is 2.75 bits per heavy atom. The van der Waals surface area contributed by atoms with Crippen molar-refractivity contribution in [3.63, 3.8) is 0 Å². The number of nitrogens with two attached hydrogens (primary N) is 1. The van der Waals surface area contributed by atoms with Gasteiger partial charge in [0, 0.05) is 6.54 Å². The van der Waals surface area contributed by atoms with Crippen LogP contribution in [0.2, 0.25) is 0 Å². The molecule has 2 rings (SSSR count). The van der Waals surface area contributed by atoms with Crippen molar-refractivity contribution in [2.75, 3.05) is 13.2 Å². The van der Waals surface area contributed by atoms with Crippen LogP contribution in [0.15, 0.2) is 39.4 Å².